The van der Waals surface area contributed by atoms with E-state index in [0.29, 0.717) is 0 Å². The molecule has 0 atom stereocenters. The standard InChI is InChI=1S/C2H4O2.Mn.2Na.4H2O.2H/c1-2(3)4;;;;;;;;;/h1H3,(H,3,4);;;;4*1H2;;/q;;2*+1;;;;;2*-1. The second kappa shape index (κ2) is 59.5. The maximum atomic E-state index is 9.00. The number of hydrogen-bond acceptors (Lipinski definition) is 1. The van der Waals surface area contributed by atoms with E-state index in [-0.39, 0.29) is 101 Å². The molecule has 0 aliphatic carbocycles. The molecule has 0 aliphatic rings. The van der Waals surface area contributed by atoms with Crippen LogP contribution in [0.2, 0.25) is 0 Å². The van der Waals surface area contributed by atoms with E-state index in [0.717, 1.165) is 6.92 Å². The number of carboxylic acid groups (broad SMARTS) is 1. The summed E-state index contributed by atoms with van der Waals surface area (Å²) >= 11 is 0. The molecule has 0 fully saturated rings. The van der Waals surface area contributed by atoms with Crippen molar-refractivity contribution in [3.05, 3.63) is 0 Å². The van der Waals surface area contributed by atoms with E-state index in [1.165, 1.54) is 0 Å². The van der Waals surface area contributed by atoms with E-state index in [1.807, 2.05) is 0 Å². The van der Waals surface area contributed by atoms with Crippen LogP contribution < -0.4 is 59.1 Å². The van der Waals surface area contributed by atoms with Gasteiger partial charge in [-0.25, -0.2) is 0 Å². The van der Waals surface area contributed by atoms with Crippen molar-refractivity contribution in [1.82, 2.24) is 0 Å². The summed E-state index contributed by atoms with van der Waals surface area (Å²) in [6.07, 6.45) is 0. The zero-order valence-electron chi connectivity index (χ0n) is 8.73. The molecule has 6 nitrogen and oxygen atoms in total. The third-order valence-electron chi connectivity index (χ3n) is 0. The maximum Gasteiger partial charge on any atom is 1.00 e. The molecule has 0 rings (SSSR count). The van der Waals surface area contributed by atoms with Crippen molar-refractivity contribution in [3.63, 3.8) is 0 Å². The Morgan fingerprint density at radius 2 is 1.09 bits per heavy atom. The molecule has 0 heterocycles. The SMILES string of the molecule is CC(=O)O.O.O.O.O.[H-].[H-].[Mn].[Na+].[Na+]. The fourth-order valence-corrected chi connectivity index (χ4v) is 0. The fraction of sp³-hybridized carbons (Fsp3) is 0.500. The zero-order chi connectivity index (χ0) is 3.58. The quantitative estimate of drug-likeness (QED) is 0.412. The third kappa shape index (κ3) is 341. The van der Waals surface area contributed by atoms with Crippen molar-refractivity contribution in [3.8, 4) is 0 Å². The van der Waals surface area contributed by atoms with Gasteiger partial charge in [0.05, 0.1) is 0 Å². The summed E-state index contributed by atoms with van der Waals surface area (Å²) in [7, 11) is 0. The van der Waals surface area contributed by atoms with E-state index in [4.69, 9.17) is 9.90 Å². The number of carboxylic acids is 1. The second-order valence-electron chi connectivity index (χ2n) is 0.519. The molecule has 0 aromatic heterocycles. The average molecular weight is 235 g/mol. The minimum absolute atomic E-state index is 0. The van der Waals surface area contributed by atoms with Crippen LogP contribution in [0.15, 0.2) is 0 Å². The van der Waals surface area contributed by atoms with Gasteiger partial charge in [-0.1, -0.05) is 0 Å². The minimum atomic E-state index is -0.833. The number of aliphatic carboxylic acids is 1. The van der Waals surface area contributed by atoms with Crippen LogP contribution in [0.25, 0.3) is 0 Å². The van der Waals surface area contributed by atoms with Gasteiger partial charge in [0.25, 0.3) is 5.97 Å². The summed E-state index contributed by atoms with van der Waals surface area (Å²) in [6.45, 7) is 1.08. The first-order chi connectivity index (χ1) is 1.73. The van der Waals surface area contributed by atoms with Crippen LogP contribution in [0.4, 0.5) is 0 Å². The van der Waals surface area contributed by atoms with Crippen molar-refractivity contribution in [1.29, 1.82) is 0 Å². The average Bonchev–Trinajstić information content (AvgIpc) is 0.811. The van der Waals surface area contributed by atoms with E-state index < -0.39 is 5.97 Å². The molecule has 0 saturated carbocycles. The van der Waals surface area contributed by atoms with Crippen molar-refractivity contribution >= 4 is 5.97 Å². The Morgan fingerprint density at radius 1 is 1.09 bits per heavy atom. The van der Waals surface area contributed by atoms with E-state index in [1.54, 1.807) is 0 Å². The predicted octanol–water partition coefficient (Wildman–Crippen LogP) is -8.98. The second-order valence-corrected chi connectivity index (χ2v) is 0.519. The maximum absolute atomic E-state index is 9.00. The minimum Gasteiger partial charge on any atom is -1.00 e. The number of rotatable bonds is 0. The molecule has 0 amide bonds. The summed E-state index contributed by atoms with van der Waals surface area (Å²) in [5.74, 6) is -0.833. The third-order valence-corrected chi connectivity index (χ3v) is 0. The smallest absolute Gasteiger partial charge is 1.00 e. The first kappa shape index (κ1) is 77.0. The predicted molar refractivity (Wildman–Crippen MR) is 30.0 cm³/mol. The molecule has 11 heavy (non-hydrogen) atoms. The van der Waals surface area contributed by atoms with Gasteiger partial charge in [0.2, 0.25) is 0 Å². The van der Waals surface area contributed by atoms with Crippen LogP contribution in [0.5, 0.6) is 0 Å². The van der Waals surface area contributed by atoms with Crippen LogP contribution in [-0.4, -0.2) is 33.0 Å². The fourth-order valence-electron chi connectivity index (χ4n) is 0. The van der Waals surface area contributed by atoms with Gasteiger partial charge in [-0.05, 0) is 0 Å². The molecule has 9 N–H and O–H groups in total. The molecule has 0 saturated heterocycles. The molecule has 0 aromatic rings. The van der Waals surface area contributed by atoms with E-state index in [2.05, 4.69) is 0 Å². The van der Waals surface area contributed by atoms with Gasteiger partial charge in [0, 0.05) is 24.0 Å². The van der Waals surface area contributed by atoms with Gasteiger partial charge in [-0.2, -0.15) is 0 Å². The van der Waals surface area contributed by atoms with Gasteiger partial charge in [-0.15, -0.1) is 0 Å². The van der Waals surface area contributed by atoms with Crippen LogP contribution in [0, 0.1) is 0 Å². The molecule has 0 bridgehead atoms. The normalized spacial score (nSPS) is 2.27. The Kier molecular flexibility index (Phi) is 416. The molecular formula is C2H14MnNa2O6. The molecule has 67 valence electrons. The Morgan fingerprint density at radius 3 is 1.09 bits per heavy atom. The van der Waals surface area contributed by atoms with Gasteiger partial charge < -0.3 is 29.9 Å². The van der Waals surface area contributed by atoms with Crippen molar-refractivity contribution in [2.24, 2.45) is 0 Å². The molecule has 0 aromatic carbocycles. The summed E-state index contributed by atoms with van der Waals surface area (Å²) in [4.78, 5) is 9.00. The van der Waals surface area contributed by atoms with E-state index in [9.17, 15) is 0 Å². The molecule has 0 unspecified atom stereocenters. The molecule has 1 radical (unpaired) electrons. The van der Waals surface area contributed by atoms with Crippen LogP contribution >= 0.6 is 0 Å². The van der Waals surface area contributed by atoms with Gasteiger partial charge >= 0.3 is 59.1 Å². The monoisotopic (exact) mass is 235 g/mol. The Bertz CT molecular complexity index is 49.6. The van der Waals surface area contributed by atoms with Gasteiger partial charge in [0.1, 0.15) is 0 Å². The Balaban J connectivity index is -0.00000000125. The molecule has 0 spiro atoms. The van der Waals surface area contributed by atoms with Crippen molar-refractivity contribution in [2.75, 3.05) is 0 Å². The summed E-state index contributed by atoms with van der Waals surface area (Å²) < 4.78 is 0. The summed E-state index contributed by atoms with van der Waals surface area (Å²) in [5, 5.41) is 7.42. The topological polar surface area (TPSA) is 163 Å². The summed E-state index contributed by atoms with van der Waals surface area (Å²) in [5.41, 5.74) is 0. The van der Waals surface area contributed by atoms with Gasteiger partial charge in [0.15, 0.2) is 0 Å². The molecule has 9 heteroatoms. The Labute approximate surface area is 122 Å². The van der Waals surface area contributed by atoms with Crippen molar-refractivity contribution in [2.45, 2.75) is 6.92 Å². The van der Waals surface area contributed by atoms with Gasteiger partial charge in [-0.3, -0.25) is 4.79 Å². The molecule has 0 aliphatic heterocycles. The summed E-state index contributed by atoms with van der Waals surface area (Å²) in [6, 6.07) is 0. The largest absolute Gasteiger partial charge is 1.00 e. The molecular weight excluding hydrogens is 221 g/mol. The van der Waals surface area contributed by atoms with Crippen LogP contribution in [0.3, 0.4) is 0 Å². The first-order valence-corrected chi connectivity index (χ1v) is 0.928. The Hall–Kier alpha value is 1.83. The zero-order valence-corrected chi connectivity index (χ0v) is 11.9. The van der Waals surface area contributed by atoms with Crippen molar-refractivity contribution < 1.29 is 111 Å². The van der Waals surface area contributed by atoms with Crippen LogP contribution in [0.1, 0.15) is 9.78 Å². The van der Waals surface area contributed by atoms with E-state index >= 15 is 0 Å². The number of carbonyl (C=O) groups is 1. The van der Waals surface area contributed by atoms with Crippen LogP contribution in [-0.2, 0) is 21.9 Å². The first-order valence-electron chi connectivity index (χ1n) is 0.928. The number of hydrogen-bond donors (Lipinski definition) is 1.